The fourth-order valence-electron chi connectivity index (χ4n) is 3.27. The zero-order chi connectivity index (χ0) is 22.3. The Labute approximate surface area is 180 Å². The summed E-state index contributed by atoms with van der Waals surface area (Å²) in [6, 6.07) is 12.6. The fraction of sp³-hybridized carbons (Fsp3) is 0.435. The van der Waals surface area contributed by atoms with Crippen molar-refractivity contribution in [2.24, 2.45) is 0 Å². The first-order chi connectivity index (χ1) is 14.1. The maximum absolute atomic E-state index is 12.7. The van der Waals surface area contributed by atoms with Gasteiger partial charge in [0.2, 0.25) is 15.9 Å². The second-order valence-electron chi connectivity index (χ2n) is 7.56. The summed E-state index contributed by atoms with van der Waals surface area (Å²) >= 11 is 0. The predicted octanol–water partition coefficient (Wildman–Crippen LogP) is 3.61. The largest absolute Gasteiger partial charge is 0.492 e. The first-order valence-corrected chi connectivity index (χ1v) is 12.0. The van der Waals surface area contributed by atoms with Crippen LogP contribution in [0.25, 0.3) is 0 Å². The van der Waals surface area contributed by atoms with E-state index >= 15 is 0 Å². The van der Waals surface area contributed by atoms with Gasteiger partial charge in [-0.05, 0) is 62.1 Å². The van der Waals surface area contributed by atoms with Crippen LogP contribution < -0.4 is 14.4 Å². The lowest BCUT2D eigenvalue weighted by molar-refractivity contribution is -0.121. The molecule has 0 aliphatic rings. The van der Waals surface area contributed by atoms with Gasteiger partial charge in [0.15, 0.2) is 0 Å². The lowest BCUT2D eigenvalue weighted by atomic mass is 10.1. The minimum atomic E-state index is -3.64. The molecule has 0 saturated heterocycles. The molecule has 7 heteroatoms. The highest BCUT2D eigenvalue weighted by Gasteiger charge is 2.30. The summed E-state index contributed by atoms with van der Waals surface area (Å²) in [7, 11) is -3.64. The Kier molecular flexibility index (Phi) is 8.29. The number of nitrogens with zero attached hydrogens (tertiary/aromatic N) is 1. The molecule has 0 radical (unpaired) electrons. The van der Waals surface area contributed by atoms with Crippen molar-refractivity contribution in [2.45, 2.75) is 46.6 Å². The van der Waals surface area contributed by atoms with E-state index in [1.807, 2.05) is 50.2 Å². The molecule has 2 aromatic rings. The van der Waals surface area contributed by atoms with Crippen molar-refractivity contribution in [3.63, 3.8) is 0 Å². The van der Waals surface area contributed by atoms with Crippen LogP contribution in [0, 0.1) is 13.8 Å². The number of hydrogen-bond donors (Lipinski definition) is 1. The topological polar surface area (TPSA) is 75.7 Å². The van der Waals surface area contributed by atoms with Crippen LogP contribution in [-0.4, -0.2) is 39.8 Å². The molecule has 0 heterocycles. The number of aryl methyl sites for hydroxylation is 3. The number of sulfonamides is 1. The third-order valence-corrected chi connectivity index (χ3v) is 6.05. The van der Waals surface area contributed by atoms with Crippen LogP contribution in [0.4, 0.5) is 5.69 Å². The number of anilines is 1. The zero-order valence-electron chi connectivity index (χ0n) is 18.4. The Morgan fingerprint density at radius 1 is 1.13 bits per heavy atom. The van der Waals surface area contributed by atoms with Crippen LogP contribution in [0.15, 0.2) is 42.5 Å². The summed E-state index contributed by atoms with van der Waals surface area (Å²) in [6.07, 6.45) is 3.24. The molecule has 0 aliphatic heterocycles. The molecule has 1 N–H and O–H groups in total. The van der Waals surface area contributed by atoms with E-state index in [1.54, 1.807) is 13.0 Å². The molecule has 0 fully saturated rings. The van der Waals surface area contributed by atoms with E-state index < -0.39 is 16.1 Å². The third kappa shape index (κ3) is 6.49. The first kappa shape index (κ1) is 23.7. The molecule has 0 saturated carbocycles. The fourth-order valence-corrected chi connectivity index (χ4v) is 4.49. The van der Waals surface area contributed by atoms with Crippen molar-refractivity contribution in [3.05, 3.63) is 59.2 Å². The normalized spacial score (nSPS) is 12.3. The summed E-state index contributed by atoms with van der Waals surface area (Å²) in [4.78, 5) is 12.7. The van der Waals surface area contributed by atoms with Crippen LogP contribution in [-0.2, 0) is 21.2 Å². The molecule has 1 amide bonds. The molecule has 6 nitrogen and oxygen atoms in total. The Hall–Kier alpha value is -2.54. The van der Waals surface area contributed by atoms with Crippen LogP contribution in [0.5, 0.6) is 5.75 Å². The van der Waals surface area contributed by atoms with Crippen LogP contribution in [0.3, 0.4) is 0 Å². The van der Waals surface area contributed by atoms with Gasteiger partial charge in [-0.15, -0.1) is 0 Å². The summed E-state index contributed by atoms with van der Waals surface area (Å²) in [6.45, 7) is 8.03. The number of carbonyl (C=O) groups is 1. The molecular formula is C23H32N2O4S. The number of amides is 1. The molecule has 0 bridgehead atoms. The highest BCUT2D eigenvalue weighted by molar-refractivity contribution is 7.92. The average Bonchev–Trinajstić information content (AvgIpc) is 2.68. The highest BCUT2D eigenvalue weighted by atomic mass is 32.2. The van der Waals surface area contributed by atoms with Gasteiger partial charge in [0.05, 0.1) is 18.5 Å². The molecule has 0 aromatic heterocycles. The SMILES string of the molecule is CCCc1ccc(OCCNC(=O)C(C)N(c2cc(C)ccc2C)S(C)(=O)=O)cc1. The van der Waals surface area contributed by atoms with Crippen molar-refractivity contribution in [1.29, 1.82) is 0 Å². The Morgan fingerprint density at radius 3 is 2.40 bits per heavy atom. The van der Waals surface area contributed by atoms with Crippen molar-refractivity contribution in [1.82, 2.24) is 5.32 Å². The lowest BCUT2D eigenvalue weighted by Gasteiger charge is -2.29. The van der Waals surface area contributed by atoms with E-state index in [-0.39, 0.29) is 12.5 Å². The Bertz CT molecular complexity index is 956. The number of rotatable bonds is 10. The quantitative estimate of drug-likeness (QED) is 0.582. The van der Waals surface area contributed by atoms with E-state index in [1.165, 1.54) is 9.87 Å². The summed E-state index contributed by atoms with van der Waals surface area (Å²) < 4.78 is 31.8. The van der Waals surface area contributed by atoms with E-state index in [0.29, 0.717) is 12.3 Å². The molecule has 164 valence electrons. The van der Waals surface area contributed by atoms with Crippen LogP contribution in [0.1, 0.15) is 37.0 Å². The maximum atomic E-state index is 12.7. The minimum absolute atomic E-state index is 0.282. The maximum Gasteiger partial charge on any atom is 0.243 e. The second kappa shape index (κ2) is 10.5. The second-order valence-corrected chi connectivity index (χ2v) is 9.42. The minimum Gasteiger partial charge on any atom is -0.492 e. The predicted molar refractivity (Wildman–Crippen MR) is 122 cm³/mol. The Balaban J connectivity index is 1.98. The van der Waals surface area contributed by atoms with Gasteiger partial charge in [-0.2, -0.15) is 0 Å². The van der Waals surface area contributed by atoms with E-state index in [2.05, 4.69) is 12.2 Å². The van der Waals surface area contributed by atoms with Gasteiger partial charge in [0.1, 0.15) is 18.4 Å². The molecule has 2 aromatic carbocycles. The first-order valence-electron chi connectivity index (χ1n) is 10.2. The zero-order valence-corrected chi connectivity index (χ0v) is 19.3. The van der Waals surface area contributed by atoms with Crippen molar-refractivity contribution >= 4 is 21.6 Å². The summed E-state index contributed by atoms with van der Waals surface area (Å²) in [5, 5.41) is 2.77. The number of ether oxygens (including phenoxy) is 1. The van der Waals surface area contributed by atoms with Gasteiger partial charge in [-0.3, -0.25) is 9.10 Å². The number of nitrogens with one attached hydrogen (secondary N) is 1. The molecule has 2 rings (SSSR count). The molecule has 30 heavy (non-hydrogen) atoms. The van der Waals surface area contributed by atoms with E-state index in [4.69, 9.17) is 4.74 Å². The van der Waals surface area contributed by atoms with Gasteiger partial charge in [0.25, 0.3) is 0 Å². The molecule has 1 unspecified atom stereocenters. The standard InChI is InChI=1S/C23H32N2O4S/c1-6-7-20-10-12-21(13-11-20)29-15-14-24-23(26)19(4)25(30(5,27)28)22-16-17(2)8-9-18(22)3/h8-13,16,19H,6-7,14-15H2,1-5H3,(H,24,26). The van der Waals surface area contributed by atoms with Gasteiger partial charge in [0, 0.05) is 0 Å². The van der Waals surface area contributed by atoms with Gasteiger partial charge < -0.3 is 10.1 Å². The van der Waals surface area contributed by atoms with E-state index in [9.17, 15) is 13.2 Å². The number of benzene rings is 2. The number of hydrogen-bond acceptors (Lipinski definition) is 4. The summed E-state index contributed by atoms with van der Waals surface area (Å²) in [5.41, 5.74) is 3.50. The van der Waals surface area contributed by atoms with Crippen molar-refractivity contribution in [2.75, 3.05) is 23.7 Å². The molecule has 0 aliphatic carbocycles. The third-order valence-electron chi connectivity index (χ3n) is 4.82. The Morgan fingerprint density at radius 2 is 1.80 bits per heavy atom. The van der Waals surface area contributed by atoms with Crippen LogP contribution in [0.2, 0.25) is 0 Å². The van der Waals surface area contributed by atoms with Gasteiger partial charge >= 0.3 is 0 Å². The summed E-state index contributed by atoms with van der Waals surface area (Å²) in [5.74, 6) is 0.369. The van der Waals surface area contributed by atoms with Gasteiger partial charge in [-0.25, -0.2) is 8.42 Å². The van der Waals surface area contributed by atoms with E-state index in [0.717, 1.165) is 36.0 Å². The van der Waals surface area contributed by atoms with Gasteiger partial charge in [-0.1, -0.05) is 37.6 Å². The molecule has 1 atom stereocenters. The average molecular weight is 433 g/mol. The van der Waals surface area contributed by atoms with Crippen molar-refractivity contribution < 1.29 is 17.9 Å². The molecular weight excluding hydrogens is 400 g/mol. The number of carbonyl (C=O) groups excluding carboxylic acids is 1. The van der Waals surface area contributed by atoms with Crippen molar-refractivity contribution in [3.8, 4) is 5.75 Å². The highest BCUT2D eigenvalue weighted by Crippen LogP contribution is 2.26. The lowest BCUT2D eigenvalue weighted by Crippen LogP contribution is -2.48. The molecule has 0 spiro atoms. The smallest absolute Gasteiger partial charge is 0.243 e. The monoisotopic (exact) mass is 432 g/mol. The van der Waals surface area contributed by atoms with Crippen LogP contribution >= 0.6 is 0 Å².